The van der Waals surface area contributed by atoms with Gasteiger partial charge in [-0.2, -0.15) is 0 Å². The zero-order chi connectivity index (χ0) is 10.5. The highest BCUT2D eigenvalue weighted by molar-refractivity contribution is 5.75. The van der Waals surface area contributed by atoms with E-state index in [4.69, 9.17) is 0 Å². The minimum absolute atomic E-state index is 0. The molecule has 0 saturated heterocycles. The maximum absolute atomic E-state index is 3.86. The van der Waals surface area contributed by atoms with Gasteiger partial charge in [-0.05, 0) is 0 Å². The Hall–Kier alpha value is 0.766. The van der Waals surface area contributed by atoms with Crippen LogP contribution in [0.1, 0.15) is 84.0 Å². The van der Waals surface area contributed by atoms with Crippen LogP contribution in [0.4, 0.5) is 0 Å². The normalized spacial score (nSPS) is 10.0. The third-order valence-corrected chi connectivity index (χ3v) is 2.85. The first-order valence-corrected chi connectivity index (χ1v) is 6.71. The van der Waals surface area contributed by atoms with Crippen molar-refractivity contribution < 1.29 is 0 Å². The van der Waals surface area contributed by atoms with Gasteiger partial charge in [0.25, 0.3) is 0 Å². The fourth-order valence-electron chi connectivity index (χ4n) is 1.84. The number of hydrogen-bond acceptors (Lipinski definition) is 0. The van der Waals surface area contributed by atoms with Crippen LogP contribution >= 0.6 is 0 Å². The summed E-state index contributed by atoms with van der Waals surface area (Å²) >= 11 is 0. The first kappa shape index (κ1) is 18.1. The van der Waals surface area contributed by atoms with E-state index >= 15 is 0 Å². The molecule has 15 heavy (non-hydrogen) atoms. The summed E-state index contributed by atoms with van der Waals surface area (Å²) in [6.07, 6.45) is 16.9. The number of unbranched alkanes of at least 4 members (excludes halogenated alkanes) is 11. The van der Waals surface area contributed by atoms with Gasteiger partial charge in [0.1, 0.15) is 0 Å². The molecule has 0 N–H and O–H groups in total. The molecule has 0 aliphatic rings. The monoisotopic (exact) mass is 223 g/mol. The standard InChI is InChI=1S/C14H29.Mg.2H/c1-3-5-7-9-11-13-14-12-10-8-6-4-2;;;/h1,3-14H2,2H3;;;. The molecule has 0 spiro atoms. The molecule has 0 aliphatic carbocycles. The van der Waals surface area contributed by atoms with Crippen molar-refractivity contribution in [3.63, 3.8) is 0 Å². The van der Waals surface area contributed by atoms with Gasteiger partial charge in [0.15, 0.2) is 0 Å². The molecule has 89 valence electrons. The first-order valence-electron chi connectivity index (χ1n) is 6.71. The molecule has 0 heterocycles. The Labute approximate surface area is 114 Å². The lowest BCUT2D eigenvalue weighted by molar-refractivity contribution is 0.550. The summed E-state index contributed by atoms with van der Waals surface area (Å²) < 4.78 is 0. The summed E-state index contributed by atoms with van der Waals surface area (Å²) in [6, 6.07) is 0. The molecule has 1 heteroatoms. The highest BCUT2D eigenvalue weighted by Gasteiger charge is 1.91. The van der Waals surface area contributed by atoms with Crippen molar-refractivity contribution >= 4 is 23.1 Å². The smallest absolute Gasteiger partial charge is 0.0654 e. The fraction of sp³-hybridized carbons (Fsp3) is 0.929. The third kappa shape index (κ3) is 17.4. The van der Waals surface area contributed by atoms with E-state index in [1.54, 1.807) is 0 Å². The van der Waals surface area contributed by atoms with Crippen molar-refractivity contribution in [1.82, 2.24) is 0 Å². The number of rotatable bonds is 11. The summed E-state index contributed by atoms with van der Waals surface area (Å²) in [5, 5.41) is 0. The van der Waals surface area contributed by atoms with Crippen molar-refractivity contribution in [3.05, 3.63) is 6.92 Å². The second-order valence-corrected chi connectivity index (χ2v) is 4.39. The maximum atomic E-state index is 3.86. The Morgan fingerprint density at radius 3 is 1.27 bits per heavy atom. The van der Waals surface area contributed by atoms with Crippen LogP contribution in [0.3, 0.4) is 0 Å². The molecule has 0 amide bonds. The molecule has 0 aromatic carbocycles. The summed E-state index contributed by atoms with van der Waals surface area (Å²) in [4.78, 5) is 0. The molecule has 0 aromatic heterocycles. The Balaban J connectivity index is 0. The van der Waals surface area contributed by atoms with Gasteiger partial charge in [-0.3, -0.25) is 0 Å². The highest BCUT2D eigenvalue weighted by Crippen LogP contribution is 2.11. The predicted molar refractivity (Wildman–Crippen MR) is 75.0 cm³/mol. The Morgan fingerprint density at radius 1 is 0.600 bits per heavy atom. The van der Waals surface area contributed by atoms with Gasteiger partial charge in [0.05, 0.1) is 0 Å². The zero-order valence-corrected chi connectivity index (χ0v) is 10.2. The van der Waals surface area contributed by atoms with E-state index in [1.165, 1.54) is 70.6 Å². The molecule has 0 aromatic rings. The molecule has 0 saturated carbocycles. The van der Waals surface area contributed by atoms with E-state index in [-0.39, 0.29) is 23.1 Å². The lowest BCUT2D eigenvalue weighted by Gasteiger charge is -2.01. The van der Waals surface area contributed by atoms with Gasteiger partial charge in [0, 0.05) is 0 Å². The van der Waals surface area contributed by atoms with Gasteiger partial charge in [-0.25, -0.2) is 0 Å². The van der Waals surface area contributed by atoms with E-state index in [9.17, 15) is 0 Å². The van der Waals surface area contributed by atoms with E-state index in [0.717, 1.165) is 6.42 Å². The topological polar surface area (TPSA) is 0 Å². The van der Waals surface area contributed by atoms with Gasteiger partial charge in [-0.15, -0.1) is 0 Å². The Bertz CT molecular complexity index is 79.3. The summed E-state index contributed by atoms with van der Waals surface area (Å²) in [5.41, 5.74) is 0. The minimum atomic E-state index is 0. The molecule has 0 bridgehead atoms. The second kappa shape index (κ2) is 17.2. The fourth-order valence-corrected chi connectivity index (χ4v) is 1.84. The number of hydrogen-bond donors (Lipinski definition) is 0. The van der Waals surface area contributed by atoms with E-state index in [0.29, 0.717) is 0 Å². The molecule has 0 fully saturated rings. The summed E-state index contributed by atoms with van der Waals surface area (Å²) in [5.74, 6) is 0. The lowest BCUT2D eigenvalue weighted by atomic mass is 10.1. The SMILES string of the molecule is [CH2]CCCCCCCCCCCCC.[MgH2]. The van der Waals surface area contributed by atoms with E-state index in [2.05, 4.69) is 13.8 Å². The molecule has 0 nitrogen and oxygen atoms in total. The summed E-state index contributed by atoms with van der Waals surface area (Å²) in [6.45, 7) is 6.14. The van der Waals surface area contributed by atoms with Crippen LogP contribution in [-0.4, -0.2) is 23.1 Å². The van der Waals surface area contributed by atoms with Crippen LogP contribution in [0, 0.1) is 6.92 Å². The molecule has 1 radical (unpaired) electrons. The van der Waals surface area contributed by atoms with Crippen LogP contribution < -0.4 is 0 Å². The quantitative estimate of drug-likeness (QED) is 0.355. The average molecular weight is 224 g/mol. The largest absolute Gasteiger partial charge is 0.316 e. The van der Waals surface area contributed by atoms with E-state index in [1.807, 2.05) is 0 Å². The van der Waals surface area contributed by atoms with Crippen molar-refractivity contribution in [3.8, 4) is 0 Å². The molecular formula is C14H31Mg. The molecule has 0 rings (SSSR count). The van der Waals surface area contributed by atoms with Gasteiger partial charge < -0.3 is 0 Å². The predicted octanol–water partition coefficient (Wildman–Crippen LogP) is 4.61. The second-order valence-electron chi connectivity index (χ2n) is 4.39. The van der Waals surface area contributed by atoms with Crippen molar-refractivity contribution in [1.29, 1.82) is 0 Å². The molecule has 0 atom stereocenters. The van der Waals surface area contributed by atoms with Gasteiger partial charge in [0.2, 0.25) is 0 Å². The van der Waals surface area contributed by atoms with Crippen molar-refractivity contribution in [2.75, 3.05) is 0 Å². The van der Waals surface area contributed by atoms with Gasteiger partial charge >= 0.3 is 23.1 Å². The van der Waals surface area contributed by atoms with Crippen LogP contribution in [0.25, 0.3) is 0 Å². The molecule has 0 unspecified atom stereocenters. The third-order valence-electron chi connectivity index (χ3n) is 2.85. The summed E-state index contributed by atoms with van der Waals surface area (Å²) in [7, 11) is 0. The Kier molecular flexibility index (Phi) is 20.8. The molecular weight excluding hydrogens is 192 g/mol. The average Bonchev–Trinajstić information content (AvgIpc) is 2.21. The van der Waals surface area contributed by atoms with Crippen LogP contribution in [0.2, 0.25) is 0 Å². The minimum Gasteiger partial charge on any atom is -0.0654 e. The van der Waals surface area contributed by atoms with E-state index < -0.39 is 0 Å². The highest BCUT2D eigenvalue weighted by atomic mass is 24.3. The van der Waals surface area contributed by atoms with Crippen LogP contribution in [0.5, 0.6) is 0 Å². The Morgan fingerprint density at radius 2 is 0.933 bits per heavy atom. The first-order chi connectivity index (χ1) is 6.91. The van der Waals surface area contributed by atoms with Crippen molar-refractivity contribution in [2.24, 2.45) is 0 Å². The van der Waals surface area contributed by atoms with Gasteiger partial charge in [-0.1, -0.05) is 90.9 Å². The molecule has 0 aliphatic heterocycles. The maximum Gasteiger partial charge on any atom is 0.316 e. The van der Waals surface area contributed by atoms with Crippen LogP contribution in [-0.2, 0) is 0 Å². The van der Waals surface area contributed by atoms with Crippen molar-refractivity contribution in [2.45, 2.75) is 84.0 Å². The lowest BCUT2D eigenvalue weighted by Crippen LogP contribution is -1.81. The van der Waals surface area contributed by atoms with Crippen LogP contribution in [0.15, 0.2) is 0 Å². The zero-order valence-electron chi connectivity index (χ0n) is 10.2.